The molecule has 1 atom stereocenters. The summed E-state index contributed by atoms with van der Waals surface area (Å²) in [6.07, 6.45) is -0.189. The quantitative estimate of drug-likeness (QED) is 0.172. The van der Waals surface area contributed by atoms with Gasteiger partial charge in [-0.3, -0.25) is 14.8 Å². The van der Waals surface area contributed by atoms with Gasteiger partial charge in [-0.15, -0.1) is 11.3 Å². The van der Waals surface area contributed by atoms with E-state index in [0.29, 0.717) is 23.9 Å². The lowest BCUT2D eigenvalue weighted by molar-refractivity contribution is -0.139. The van der Waals surface area contributed by atoms with Gasteiger partial charge in [0.1, 0.15) is 22.8 Å². The van der Waals surface area contributed by atoms with Gasteiger partial charge < -0.3 is 26.3 Å². The summed E-state index contributed by atoms with van der Waals surface area (Å²) in [6.45, 7) is 0.374. The fourth-order valence-corrected chi connectivity index (χ4v) is 4.77. The van der Waals surface area contributed by atoms with Crippen LogP contribution < -0.4 is 26.8 Å². The molecule has 3 rings (SSSR count). The highest BCUT2D eigenvalue weighted by atomic mass is 32.2. The fourth-order valence-electron chi connectivity index (χ4n) is 2.91. The van der Waals surface area contributed by atoms with Gasteiger partial charge in [-0.2, -0.15) is 8.42 Å². The maximum atomic E-state index is 12.8. The maximum Gasteiger partial charge on any atom is 0.326 e. The van der Waals surface area contributed by atoms with Crippen LogP contribution in [0, 0.1) is 0 Å². The molecule has 0 bridgehead atoms. The van der Waals surface area contributed by atoms with E-state index in [9.17, 15) is 23.1 Å². The molecule has 0 fully saturated rings. The van der Waals surface area contributed by atoms with Gasteiger partial charge in [0.15, 0.2) is 0 Å². The molecular formula is C19H23N5O6S2. The van der Waals surface area contributed by atoms with Crippen molar-refractivity contribution in [3.05, 3.63) is 46.7 Å². The largest absolute Gasteiger partial charge is 0.480 e. The van der Waals surface area contributed by atoms with E-state index >= 15 is 0 Å². The summed E-state index contributed by atoms with van der Waals surface area (Å²) in [4.78, 5) is 24.2. The summed E-state index contributed by atoms with van der Waals surface area (Å²) in [7, 11) is -4.11. The Kier molecular flexibility index (Phi) is 7.48. The number of carbonyl (C=O) groups excluding carboxylic acids is 1. The van der Waals surface area contributed by atoms with Crippen molar-refractivity contribution in [3.8, 4) is 0 Å². The molecule has 2 heterocycles. The minimum atomic E-state index is -4.11. The van der Waals surface area contributed by atoms with Crippen LogP contribution in [0.4, 0.5) is 5.69 Å². The van der Waals surface area contributed by atoms with Crippen molar-refractivity contribution >= 4 is 49.9 Å². The number of amides is 1. The average molecular weight is 482 g/mol. The van der Waals surface area contributed by atoms with Gasteiger partial charge in [0.25, 0.3) is 15.9 Å². The van der Waals surface area contributed by atoms with Gasteiger partial charge >= 0.3 is 5.97 Å². The number of carbonyl (C=O) groups is 2. The number of nitrogens with one attached hydrogen (secondary N) is 3. The monoisotopic (exact) mass is 481 g/mol. The first-order valence-electron chi connectivity index (χ1n) is 9.54. The van der Waals surface area contributed by atoms with E-state index in [0.717, 1.165) is 11.3 Å². The SMILES string of the molecule is NC(N)NCCC[C@H](NC(=O)c1sccc1NS(=O)(=O)c1cc2ccccc2o1)C(=O)O. The van der Waals surface area contributed by atoms with Crippen molar-refractivity contribution < 1.29 is 27.5 Å². The highest BCUT2D eigenvalue weighted by Gasteiger charge is 2.26. The van der Waals surface area contributed by atoms with Crippen LogP contribution in [0.5, 0.6) is 0 Å². The summed E-state index contributed by atoms with van der Waals surface area (Å²) in [5.41, 5.74) is 11.2. The lowest BCUT2D eigenvalue weighted by atomic mass is 10.1. The molecule has 1 amide bonds. The summed E-state index contributed by atoms with van der Waals surface area (Å²) in [5.74, 6) is -1.92. The van der Waals surface area contributed by atoms with Gasteiger partial charge in [-0.1, -0.05) is 18.2 Å². The molecule has 0 aliphatic heterocycles. The van der Waals surface area contributed by atoms with E-state index in [-0.39, 0.29) is 22.1 Å². The van der Waals surface area contributed by atoms with Crippen molar-refractivity contribution in [2.45, 2.75) is 30.3 Å². The van der Waals surface area contributed by atoms with Crippen LogP contribution in [0.3, 0.4) is 0 Å². The predicted octanol–water partition coefficient (Wildman–Crippen LogP) is 1.05. The number of rotatable bonds is 11. The number of furan rings is 1. The number of nitrogens with two attached hydrogens (primary N) is 2. The third-order valence-corrected chi connectivity index (χ3v) is 6.57. The maximum absolute atomic E-state index is 12.8. The van der Waals surface area contributed by atoms with E-state index in [4.69, 9.17) is 15.9 Å². The van der Waals surface area contributed by atoms with Crippen molar-refractivity contribution in [1.82, 2.24) is 10.6 Å². The second kappa shape index (κ2) is 10.1. The van der Waals surface area contributed by atoms with Crippen LogP contribution >= 0.6 is 11.3 Å². The molecule has 0 aliphatic rings. The Hall–Kier alpha value is -2.97. The highest BCUT2D eigenvalue weighted by Crippen LogP contribution is 2.28. The van der Waals surface area contributed by atoms with Gasteiger partial charge in [0.2, 0.25) is 5.09 Å². The standard InChI is InChI=1S/C19H23N5O6S2/c20-19(21)22-8-3-5-13(18(26)27)23-17(25)16-12(7-9-31-16)24-32(28,29)15-10-11-4-1-2-6-14(11)30-15/h1-2,4,6-7,9-10,13,19,22,24H,3,5,8,20-21H2,(H,23,25)(H,26,27)/t13-/m0/s1. The number of carboxylic acids is 1. The number of hydrogen-bond donors (Lipinski definition) is 6. The highest BCUT2D eigenvalue weighted by molar-refractivity contribution is 7.92. The first kappa shape index (κ1) is 23.7. The first-order chi connectivity index (χ1) is 15.2. The normalized spacial score (nSPS) is 12.7. The second-order valence-electron chi connectivity index (χ2n) is 6.86. The van der Waals surface area contributed by atoms with Gasteiger partial charge in [0.05, 0.1) is 5.69 Å². The van der Waals surface area contributed by atoms with Gasteiger partial charge in [-0.25, -0.2) is 4.79 Å². The number of fused-ring (bicyclic) bond motifs is 1. The van der Waals surface area contributed by atoms with E-state index in [1.54, 1.807) is 24.3 Å². The number of carboxylic acid groups (broad SMARTS) is 1. The number of hydrogen-bond acceptors (Lipinski definition) is 9. The topological polar surface area (TPSA) is 190 Å². The molecule has 0 radical (unpaired) electrons. The molecule has 0 spiro atoms. The Labute approximate surface area is 187 Å². The van der Waals surface area contributed by atoms with Crippen LogP contribution in [-0.4, -0.2) is 44.3 Å². The minimum absolute atomic E-state index is 0.0212. The van der Waals surface area contributed by atoms with Crippen molar-refractivity contribution in [3.63, 3.8) is 0 Å². The molecule has 0 saturated carbocycles. The van der Waals surface area contributed by atoms with Crippen molar-refractivity contribution in [2.75, 3.05) is 11.3 Å². The van der Waals surface area contributed by atoms with Crippen LogP contribution in [0.15, 0.2) is 51.3 Å². The summed E-state index contributed by atoms with van der Waals surface area (Å²) >= 11 is 0.977. The first-order valence-corrected chi connectivity index (χ1v) is 11.9. The predicted molar refractivity (Wildman–Crippen MR) is 120 cm³/mol. The van der Waals surface area contributed by atoms with E-state index < -0.39 is 34.2 Å². The molecule has 3 aromatic rings. The van der Waals surface area contributed by atoms with Crippen molar-refractivity contribution in [1.29, 1.82) is 0 Å². The molecule has 8 N–H and O–H groups in total. The Morgan fingerprint density at radius 2 is 1.94 bits per heavy atom. The van der Waals surface area contributed by atoms with E-state index in [2.05, 4.69) is 15.4 Å². The smallest absolute Gasteiger partial charge is 0.326 e. The number of benzene rings is 1. The second-order valence-corrected chi connectivity index (χ2v) is 9.39. The molecule has 32 heavy (non-hydrogen) atoms. The molecule has 1 aromatic carbocycles. The van der Waals surface area contributed by atoms with Crippen LogP contribution in [0.25, 0.3) is 11.0 Å². The lowest BCUT2D eigenvalue weighted by Crippen LogP contribution is -2.46. The molecule has 172 valence electrons. The van der Waals surface area contributed by atoms with Gasteiger partial charge in [-0.05, 0) is 36.9 Å². The van der Waals surface area contributed by atoms with E-state index in [1.165, 1.54) is 17.5 Å². The third kappa shape index (κ3) is 5.83. The Balaban J connectivity index is 1.70. The summed E-state index contributed by atoms with van der Waals surface area (Å²) < 4.78 is 33.2. The number of sulfonamides is 1. The third-order valence-electron chi connectivity index (χ3n) is 4.44. The number of anilines is 1. The van der Waals surface area contributed by atoms with Crippen LogP contribution in [-0.2, 0) is 14.8 Å². The van der Waals surface area contributed by atoms with Crippen LogP contribution in [0.1, 0.15) is 22.5 Å². The average Bonchev–Trinajstić information content (AvgIpc) is 3.36. The zero-order chi connectivity index (χ0) is 23.3. The lowest BCUT2D eigenvalue weighted by Gasteiger charge is -2.15. The Morgan fingerprint density at radius 3 is 2.62 bits per heavy atom. The molecule has 2 aromatic heterocycles. The molecule has 11 nitrogen and oxygen atoms in total. The Bertz CT molecular complexity index is 1170. The van der Waals surface area contributed by atoms with Gasteiger partial charge in [0, 0.05) is 11.5 Å². The molecule has 0 unspecified atom stereocenters. The molecular weight excluding hydrogens is 458 g/mol. The number of aliphatic carboxylic acids is 1. The Morgan fingerprint density at radius 1 is 1.19 bits per heavy atom. The zero-order valence-corrected chi connectivity index (χ0v) is 18.4. The minimum Gasteiger partial charge on any atom is -0.480 e. The van der Waals surface area contributed by atoms with Crippen LogP contribution in [0.2, 0.25) is 0 Å². The molecule has 13 heteroatoms. The van der Waals surface area contributed by atoms with Crippen molar-refractivity contribution in [2.24, 2.45) is 11.5 Å². The molecule has 0 aliphatic carbocycles. The fraction of sp³-hybridized carbons (Fsp3) is 0.263. The summed E-state index contributed by atoms with van der Waals surface area (Å²) in [6, 6.07) is 8.46. The zero-order valence-electron chi connectivity index (χ0n) is 16.8. The number of para-hydroxylation sites is 1. The summed E-state index contributed by atoms with van der Waals surface area (Å²) in [5, 5.41) is 16.4. The van der Waals surface area contributed by atoms with E-state index in [1.807, 2.05) is 0 Å². The molecule has 0 saturated heterocycles. The number of thiophene rings is 1.